The minimum atomic E-state index is -2.97. The van der Waals surface area contributed by atoms with Gasteiger partial charge in [-0.15, -0.1) is 0 Å². The lowest BCUT2D eigenvalue weighted by Crippen LogP contribution is -2.06. The van der Waals surface area contributed by atoms with Gasteiger partial charge in [0.2, 0.25) is 0 Å². The second kappa shape index (κ2) is 5.14. The van der Waals surface area contributed by atoms with Crippen molar-refractivity contribution in [2.24, 2.45) is 5.16 Å². The third-order valence-electron chi connectivity index (χ3n) is 1.63. The van der Waals surface area contributed by atoms with E-state index in [9.17, 15) is 8.78 Å². The highest BCUT2D eigenvalue weighted by Crippen LogP contribution is 2.31. The molecule has 0 aliphatic rings. The molecule has 0 aromatic heterocycles. The summed E-state index contributed by atoms with van der Waals surface area (Å²) in [5, 5.41) is 11.1. The van der Waals surface area contributed by atoms with E-state index in [4.69, 9.17) is 9.94 Å². The number of oxime groups is 1. The number of benzene rings is 1. The number of alkyl halides is 2. The SMILES string of the molecule is COc1cccc(C=NO)c1OC(F)F. The monoisotopic (exact) mass is 217 g/mol. The molecular formula is C9H9F2NO3. The Kier molecular flexibility index (Phi) is 3.84. The second-order valence-electron chi connectivity index (χ2n) is 2.50. The molecule has 1 rings (SSSR count). The van der Waals surface area contributed by atoms with Gasteiger partial charge >= 0.3 is 6.61 Å². The largest absolute Gasteiger partial charge is 0.493 e. The number of methoxy groups -OCH3 is 1. The summed E-state index contributed by atoms with van der Waals surface area (Å²) < 4.78 is 33.2. The summed E-state index contributed by atoms with van der Waals surface area (Å²) in [6.07, 6.45) is 0.986. The number of para-hydroxylation sites is 1. The summed E-state index contributed by atoms with van der Waals surface area (Å²) in [7, 11) is 1.33. The van der Waals surface area contributed by atoms with Crippen LogP contribution in [0.5, 0.6) is 11.5 Å². The van der Waals surface area contributed by atoms with Crippen LogP contribution in [0.2, 0.25) is 0 Å². The van der Waals surface area contributed by atoms with E-state index in [0.29, 0.717) is 0 Å². The highest BCUT2D eigenvalue weighted by Gasteiger charge is 2.13. The van der Waals surface area contributed by atoms with Crippen molar-refractivity contribution in [3.05, 3.63) is 23.8 Å². The first-order valence-corrected chi connectivity index (χ1v) is 3.98. The molecule has 0 atom stereocenters. The molecule has 0 spiro atoms. The molecule has 0 saturated carbocycles. The third kappa shape index (κ3) is 2.80. The molecule has 0 aliphatic heterocycles. The van der Waals surface area contributed by atoms with Crippen LogP contribution in [-0.4, -0.2) is 25.1 Å². The van der Waals surface area contributed by atoms with Crippen LogP contribution in [0.15, 0.2) is 23.4 Å². The first kappa shape index (κ1) is 11.2. The molecule has 0 aliphatic carbocycles. The van der Waals surface area contributed by atoms with Crippen molar-refractivity contribution >= 4 is 6.21 Å². The predicted molar refractivity (Wildman–Crippen MR) is 49.0 cm³/mol. The standard InChI is InChI=1S/C9H9F2NO3/c1-14-7-4-2-3-6(5-12-13)8(7)15-9(10)11/h2-5,9,13H,1H3. The smallest absolute Gasteiger partial charge is 0.387 e. The van der Waals surface area contributed by atoms with E-state index in [2.05, 4.69) is 9.89 Å². The van der Waals surface area contributed by atoms with Crippen molar-refractivity contribution in [3.8, 4) is 11.5 Å². The molecule has 4 nitrogen and oxygen atoms in total. The Bertz CT molecular complexity index is 355. The van der Waals surface area contributed by atoms with Crippen molar-refractivity contribution in [3.63, 3.8) is 0 Å². The van der Waals surface area contributed by atoms with Gasteiger partial charge in [-0.05, 0) is 12.1 Å². The second-order valence-corrected chi connectivity index (χ2v) is 2.50. The van der Waals surface area contributed by atoms with E-state index in [-0.39, 0.29) is 17.1 Å². The Morgan fingerprint density at radius 1 is 1.47 bits per heavy atom. The van der Waals surface area contributed by atoms with E-state index in [0.717, 1.165) is 6.21 Å². The molecular weight excluding hydrogens is 208 g/mol. The summed E-state index contributed by atoms with van der Waals surface area (Å²) >= 11 is 0. The van der Waals surface area contributed by atoms with Gasteiger partial charge in [-0.3, -0.25) is 0 Å². The van der Waals surface area contributed by atoms with Gasteiger partial charge in [0.05, 0.1) is 13.3 Å². The van der Waals surface area contributed by atoms with Gasteiger partial charge in [0.1, 0.15) is 0 Å². The highest BCUT2D eigenvalue weighted by molar-refractivity contribution is 5.84. The van der Waals surface area contributed by atoms with Gasteiger partial charge in [0.25, 0.3) is 0 Å². The molecule has 0 saturated heterocycles. The van der Waals surface area contributed by atoms with Crippen LogP contribution in [0.1, 0.15) is 5.56 Å². The summed E-state index contributed by atoms with van der Waals surface area (Å²) in [6.45, 7) is -2.97. The number of ether oxygens (including phenoxy) is 2. The quantitative estimate of drug-likeness (QED) is 0.477. The van der Waals surface area contributed by atoms with E-state index >= 15 is 0 Å². The van der Waals surface area contributed by atoms with Crippen LogP contribution in [0, 0.1) is 0 Å². The van der Waals surface area contributed by atoms with E-state index in [1.54, 1.807) is 6.07 Å². The van der Waals surface area contributed by atoms with Gasteiger partial charge in [-0.2, -0.15) is 8.78 Å². The van der Waals surface area contributed by atoms with Gasteiger partial charge in [0.15, 0.2) is 11.5 Å². The number of halogens is 2. The Balaban J connectivity index is 3.14. The summed E-state index contributed by atoms with van der Waals surface area (Å²) in [5.74, 6) is -0.0134. The number of nitrogens with zero attached hydrogens (tertiary/aromatic N) is 1. The Morgan fingerprint density at radius 3 is 2.73 bits per heavy atom. The lowest BCUT2D eigenvalue weighted by Gasteiger charge is -2.11. The highest BCUT2D eigenvalue weighted by atomic mass is 19.3. The molecule has 6 heteroatoms. The van der Waals surface area contributed by atoms with Crippen molar-refractivity contribution in [2.45, 2.75) is 6.61 Å². The zero-order chi connectivity index (χ0) is 11.3. The van der Waals surface area contributed by atoms with Crippen molar-refractivity contribution in [2.75, 3.05) is 7.11 Å². The van der Waals surface area contributed by atoms with Crippen LogP contribution < -0.4 is 9.47 Å². The Labute approximate surface area is 84.7 Å². The summed E-state index contributed by atoms with van der Waals surface area (Å²) in [4.78, 5) is 0. The molecule has 0 unspecified atom stereocenters. The molecule has 0 amide bonds. The van der Waals surface area contributed by atoms with Gasteiger partial charge < -0.3 is 14.7 Å². The average molecular weight is 217 g/mol. The lowest BCUT2D eigenvalue weighted by atomic mass is 10.2. The topological polar surface area (TPSA) is 51.0 Å². The fraction of sp³-hybridized carbons (Fsp3) is 0.222. The van der Waals surface area contributed by atoms with Crippen LogP contribution in [0.3, 0.4) is 0 Å². The maximum Gasteiger partial charge on any atom is 0.387 e. The minimum Gasteiger partial charge on any atom is -0.493 e. The molecule has 82 valence electrons. The lowest BCUT2D eigenvalue weighted by molar-refractivity contribution is -0.0513. The molecule has 0 bridgehead atoms. The van der Waals surface area contributed by atoms with Gasteiger partial charge in [0, 0.05) is 5.56 Å². The number of hydrogen-bond acceptors (Lipinski definition) is 4. The minimum absolute atomic E-state index is 0.146. The molecule has 1 aromatic rings. The van der Waals surface area contributed by atoms with Crippen molar-refractivity contribution < 1.29 is 23.5 Å². The fourth-order valence-electron chi connectivity index (χ4n) is 1.07. The molecule has 0 heterocycles. The van der Waals surface area contributed by atoms with Crippen LogP contribution in [0.4, 0.5) is 8.78 Å². The molecule has 0 fully saturated rings. The molecule has 15 heavy (non-hydrogen) atoms. The van der Waals surface area contributed by atoms with E-state index in [1.165, 1.54) is 19.2 Å². The molecule has 1 N–H and O–H groups in total. The number of rotatable bonds is 4. The zero-order valence-electron chi connectivity index (χ0n) is 7.85. The zero-order valence-corrected chi connectivity index (χ0v) is 7.85. The van der Waals surface area contributed by atoms with Gasteiger partial charge in [-0.1, -0.05) is 11.2 Å². The maximum atomic E-state index is 12.1. The number of hydrogen-bond donors (Lipinski definition) is 1. The van der Waals surface area contributed by atoms with Crippen molar-refractivity contribution in [1.82, 2.24) is 0 Å². The van der Waals surface area contributed by atoms with Crippen LogP contribution in [0.25, 0.3) is 0 Å². The summed E-state index contributed by atoms with van der Waals surface area (Å²) in [5.41, 5.74) is 0.206. The molecule has 0 radical (unpaired) electrons. The third-order valence-corrected chi connectivity index (χ3v) is 1.63. The van der Waals surface area contributed by atoms with E-state index < -0.39 is 6.61 Å². The van der Waals surface area contributed by atoms with Crippen molar-refractivity contribution in [1.29, 1.82) is 0 Å². The van der Waals surface area contributed by atoms with Crippen LogP contribution >= 0.6 is 0 Å². The normalized spacial score (nSPS) is 10.9. The summed E-state index contributed by atoms with van der Waals surface area (Å²) in [6, 6.07) is 4.49. The predicted octanol–water partition coefficient (Wildman–Crippen LogP) is 2.10. The fourth-order valence-corrected chi connectivity index (χ4v) is 1.07. The first-order valence-electron chi connectivity index (χ1n) is 3.98. The average Bonchev–Trinajstić information content (AvgIpc) is 2.20. The molecule has 1 aromatic carbocycles. The van der Waals surface area contributed by atoms with E-state index in [1.807, 2.05) is 0 Å². The first-order chi connectivity index (χ1) is 7.19. The van der Waals surface area contributed by atoms with Gasteiger partial charge in [-0.25, -0.2) is 0 Å². The Morgan fingerprint density at radius 2 is 2.20 bits per heavy atom. The maximum absolute atomic E-state index is 12.1. The van der Waals surface area contributed by atoms with Crippen LogP contribution in [-0.2, 0) is 0 Å². The Hall–Kier alpha value is -1.85.